The highest BCUT2D eigenvalue weighted by Crippen LogP contribution is 2.36. The van der Waals surface area contributed by atoms with Gasteiger partial charge in [0.15, 0.2) is 26.3 Å². The molecule has 1 aliphatic heterocycles. The van der Waals surface area contributed by atoms with Crippen LogP contribution in [0.2, 0.25) is 10.0 Å². The van der Waals surface area contributed by atoms with Gasteiger partial charge in [0.25, 0.3) is 0 Å². The number of hydrogen-bond acceptors (Lipinski definition) is 8. The average molecular weight is 635 g/mol. The van der Waals surface area contributed by atoms with Crippen molar-refractivity contribution in [1.29, 1.82) is 0 Å². The first kappa shape index (κ1) is 29.5. The number of anilines is 1. The van der Waals surface area contributed by atoms with Crippen LogP contribution in [0.25, 0.3) is 28.0 Å². The van der Waals surface area contributed by atoms with Crippen LogP contribution in [0.3, 0.4) is 0 Å². The zero-order chi connectivity index (χ0) is 30.5. The Bertz CT molecular complexity index is 1930. The lowest BCUT2D eigenvalue weighted by Gasteiger charge is -2.40. The first-order chi connectivity index (χ1) is 19.8. The van der Waals surface area contributed by atoms with Crippen LogP contribution in [-0.2, 0) is 14.6 Å². The SMILES string of the molecule is C=CC(=O)N1CCN(c2nc(=O)n(-c3c(Cl)ccnc3S(C)(=O)=O)c3nc(-c4c(F)cccc4Cl)c(F)cc23)[C@@H](C)C1. The van der Waals surface area contributed by atoms with E-state index >= 15 is 4.39 Å². The third-order valence-electron chi connectivity index (χ3n) is 6.80. The molecule has 0 saturated carbocycles. The lowest BCUT2D eigenvalue weighted by Crippen LogP contribution is -2.54. The van der Waals surface area contributed by atoms with Gasteiger partial charge >= 0.3 is 5.69 Å². The fourth-order valence-electron chi connectivity index (χ4n) is 4.91. The summed E-state index contributed by atoms with van der Waals surface area (Å²) < 4.78 is 56.9. The largest absolute Gasteiger partial charge is 0.355 e. The Morgan fingerprint density at radius 3 is 2.50 bits per heavy atom. The number of sulfone groups is 1. The van der Waals surface area contributed by atoms with Crippen LogP contribution >= 0.6 is 23.2 Å². The molecule has 0 aliphatic carbocycles. The number of rotatable bonds is 5. The van der Waals surface area contributed by atoms with Crippen LogP contribution in [0, 0.1) is 11.6 Å². The number of aromatic nitrogens is 4. The van der Waals surface area contributed by atoms with E-state index in [4.69, 9.17) is 23.2 Å². The summed E-state index contributed by atoms with van der Waals surface area (Å²) in [4.78, 5) is 41.7. The highest BCUT2D eigenvalue weighted by molar-refractivity contribution is 7.90. The van der Waals surface area contributed by atoms with Gasteiger partial charge in [-0.25, -0.2) is 36.5 Å². The third kappa shape index (κ3) is 5.12. The molecule has 4 aromatic rings. The van der Waals surface area contributed by atoms with E-state index in [0.717, 1.165) is 29.2 Å². The lowest BCUT2D eigenvalue weighted by molar-refractivity contribution is -0.126. The maximum Gasteiger partial charge on any atom is 0.355 e. The summed E-state index contributed by atoms with van der Waals surface area (Å²) in [5.41, 5.74) is -2.50. The maximum absolute atomic E-state index is 15.8. The molecule has 218 valence electrons. The second-order valence-corrected chi connectivity index (χ2v) is 12.3. The fourth-order valence-corrected chi connectivity index (χ4v) is 6.26. The van der Waals surface area contributed by atoms with Crippen molar-refractivity contribution in [3.8, 4) is 16.9 Å². The Morgan fingerprint density at radius 1 is 1.12 bits per heavy atom. The van der Waals surface area contributed by atoms with Gasteiger partial charge in [-0.2, -0.15) is 4.98 Å². The Hall–Kier alpha value is -3.94. The van der Waals surface area contributed by atoms with Crippen LogP contribution in [0.5, 0.6) is 0 Å². The summed E-state index contributed by atoms with van der Waals surface area (Å²) in [5, 5.41) is -0.866. The van der Waals surface area contributed by atoms with Gasteiger partial charge in [0.05, 0.1) is 21.0 Å². The number of carbonyl (C=O) groups excluding carboxylic acids is 1. The number of hydrogen-bond donors (Lipinski definition) is 0. The molecule has 1 aliphatic rings. The molecular formula is C27H22Cl2F2N6O4S. The van der Waals surface area contributed by atoms with E-state index in [1.807, 2.05) is 0 Å². The number of pyridine rings is 2. The highest BCUT2D eigenvalue weighted by atomic mass is 35.5. The smallest absolute Gasteiger partial charge is 0.350 e. The molecule has 1 amide bonds. The zero-order valence-electron chi connectivity index (χ0n) is 22.2. The van der Waals surface area contributed by atoms with Gasteiger partial charge in [-0.1, -0.05) is 35.8 Å². The van der Waals surface area contributed by atoms with Gasteiger partial charge in [-0.3, -0.25) is 4.79 Å². The summed E-state index contributed by atoms with van der Waals surface area (Å²) >= 11 is 12.6. The summed E-state index contributed by atoms with van der Waals surface area (Å²) in [6, 6.07) is 5.67. The monoisotopic (exact) mass is 634 g/mol. The molecule has 1 atom stereocenters. The van der Waals surface area contributed by atoms with Gasteiger partial charge in [-0.15, -0.1) is 0 Å². The Balaban J connectivity index is 1.86. The summed E-state index contributed by atoms with van der Waals surface area (Å²) in [6.45, 7) is 6.03. The van der Waals surface area contributed by atoms with Crippen molar-refractivity contribution < 1.29 is 22.0 Å². The van der Waals surface area contributed by atoms with E-state index in [1.165, 1.54) is 24.3 Å². The predicted octanol–water partition coefficient (Wildman–Crippen LogP) is 4.05. The topological polar surface area (TPSA) is 118 Å². The van der Waals surface area contributed by atoms with Crippen LogP contribution in [0.4, 0.5) is 14.6 Å². The molecule has 4 heterocycles. The molecule has 1 fully saturated rings. The van der Waals surface area contributed by atoms with Gasteiger partial charge in [0.1, 0.15) is 23.0 Å². The van der Waals surface area contributed by atoms with Crippen LogP contribution in [-0.4, -0.2) is 70.7 Å². The van der Waals surface area contributed by atoms with Crippen molar-refractivity contribution in [1.82, 2.24) is 24.4 Å². The molecule has 0 spiro atoms. The number of fused-ring (bicyclic) bond motifs is 1. The second kappa shape index (κ2) is 11.0. The molecule has 15 heteroatoms. The third-order valence-corrected chi connectivity index (χ3v) is 8.42. The molecule has 5 rings (SSSR count). The number of halogens is 4. The molecule has 1 aromatic carbocycles. The number of piperazine rings is 1. The average Bonchev–Trinajstić information content (AvgIpc) is 2.92. The number of carbonyl (C=O) groups is 1. The Morgan fingerprint density at radius 2 is 1.86 bits per heavy atom. The minimum Gasteiger partial charge on any atom is -0.350 e. The molecular weight excluding hydrogens is 613 g/mol. The summed E-state index contributed by atoms with van der Waals surface area (Å²) in [7, 11) is -4.05. The summed E-state index contributed by atoms with van der Waals surface area (Å²) in [6.07, 6.45) is 3.23. The lowest BCUT2D eigenvalue weighted by atomic mass is 10.1. The first-order valence-electron chi connectivity index (χ1n) is 12.4. The van der Waals surface area contributed by atoms with Gasteiger partial charge in [0, 0.05) is 38.1 Å². The van der Waals surface area contributed by atoms with E-state index < -0.39 is 37.9 Å². The number of benzene rings is 1. The molecule has 0 N–H and O–H groups in total. The van der Waals surface area contributed by atoms with Crippen LogP contribution < -0.4 is 10.6 Å². The van der Waals surface area contributed by atoms with E-state index in [0.29, 0.717) is 0 Å². The second-order valence-electron chi connectivity index (χ2n) is 9.59. The van der Waals surface area contributed by atoms with Gasteiger partial charge in [0.2, 0.25) is 5.91 Å². The minimum atomic E-state index is -4.05. The van der Waals surface area contributed by atoms with Crippen molar-refractivity contribution >= 4 is 55.8 Å². The van der Waals surface area contributed by atoms with Crippen LogP contribution in [0.1, 0.15) is 6.92 Å². The molecule has 10 nitrogen and oxygen atoms in total. The molecule has 0 bridgehead atoms. The van der Waals surface area contributed by atoms with Crippen molar-refractivity contribution in [3.05, 3.63) is 81.3 Å². The van der Waals surface area contributed by atoms with Crippen molar-refractivity contribution in [3.63, 3.8) is 0 Å². The predicted molar refractivity (Wildman–Crippen MR) is 155 cm³/mol. The maximum atomic E-state index is 15.8. The van der Waals surface area contributed by atoms with E-state index in [9.17, 15) is 22.4 Å². The molecule has 0 unspecified atom stereocenters. The van der Waals surface area contributed by atoms with Crippen molar-refractivity contribution in [2.75, 3.05) is 30.8 Å². The summed E-state index contributed by atoms with van der Waals surface area (Å²) in [5.74, 6) is -2.09. The number of amides is 1. The van der Waals surface area contributed by atoms with Crippen LogP contribution in [0.15, 0.2) is 59.0 Å². The van der Waals surface area contributed by atoms with E-state index in [-0.39, 0.29) is 69.7 Å². The standard InChI is InChI=1S/C27H22Cl2F2N6O4S/c1-4-20(38)35-10-11-36(14(2)13-35)24-15-12-19(31)22(21-16(28)6-5-7-18(21)30)33-25(15)37(27(39)34-24)23-17(29)8-9-32-26(23)42(3,40)41/h4-9,12,14H,1,10-11,13H2,2-3H3/t14-/m0/s1. The Kier molecular flexibility index (Phi) is 7.77. The molecule has 1 saturated heterocycles. The zero-order valence-corrected chi connectivity index (χ0v) is 24.5. The van der Waals surface area contributed by atoms with Crippen molar-refractivity contribution in [2.45, 2.75) is 18.0 Å². The Labute approximate surface area is 248 Å². The quantitative estimate of drug-likeness (QED) is 0.302. The molecule has 0 radical (unpaired) electrons. The van der Waals surface area contributed by atoms with E-state index in [2.05, 4.69) is 21.5 Å². The van der Waals surface area contributed by atoms with Crippen molar-refractivity contribution in [2.24, 2.45) is 0 Å². The van der Waals surface area contributed by atoms with Gasteiger partial charge < -0.3 is 9.80 Å². The van der Waals surface area contributed by atoms with Gasteiger partial charge in [-0.05, 0) is 37.3 Å². The first-order valence-corrected chi connectivity index (χ1v) is 15.1. The number of nitrogens with zero attached hydrogens (tertiary/aromatic N) is 6. The minimum absolute atomic E-state index is 0.00182. The fraction of sp³-hybridized carbons (Fsp3) is 0.222. The molecule has 3 aromatic heterocycles. The highest BCUT2D eigenvalue weighted by Gasteiger charge is 2.31. The van der Waals surface area contributed by atoms with E-state index in [1.54, 1.807) is 16.7 Å². The normalized spacial score (nSPS) is 15.7. The molecule has 42 heavy (non-hydrogen) atoms.